The Balaban J connectivity index is 1.74. The first-order valence-electron chi connectivity index (χ1n) is 7.71. The smallest absolute Gasteiger partial charge is 0.223 e. The number of para-hydroxylation sites is 2. The molecule has 22 heavy (non-hydrogen) atoms. The van der Waals surface area contributed by atoms with E-state index in [0.29, 0.717) is 19.0 Å². The van der Waals surface area contributed by atoms with E-state index in [2.05, 4.69) is 38.0 Å². The van der Waals surface area contributed by atoms with Crippen molar-refractivity contribution in [2.45, 2.75) is 37.8 Å². The van der Waals surface area contributed by atoms with Crippen molar-refractivity contribution in [1.82, 2.24) is 14.5 Å². The van der Waals surface area contributed by atoms with Gasteiger partial charge in [-0.1, -0.05) is 34.6 Å². The molecule has 1 aromatic heterocycles. The van der Waals surface area contributed by atoms with Gasteiger partial charge in [-0.3, -0.25) is 4.79 Å². The molecule has 5 heteroatoms. The summed E-state index contributed by atoms with van der Waals surface area (Å²) >= 11 is 3.46. The number of benzene rings is 1. The standard InChI is InChI=1S/C17H18BrN3O/c1-11(18)9-21-15-5-3-2-4-14(15)19-17(21)12-8-16(22)20(10-12)13-6-7-13/h2-5,12-13H,1,6-10H2. The van der Waals surface area contributed by atoms with E-state index in [4.69, 9.17) is 4.98 Å². The van der Waals surface area contributed by atoms with Crippen molar-refractivity contribution in [3.63, 3.8) is 0 Å². The summed E-state index contributed by atoms with van der Waals surface area (Å²) in [6.45, 7) is 5.45. The number of hydrogen-bond acceptors (Lipinski definition) is 2. The van der Waals surface area contributed by atoms with Crippen LogP contribution < -0.4 is 0 Å². The molecule has 2 fully saturated rings. The van der Waals surface area contributed by atoms with Crippen LogP contribution >= 0.6 is 15.9 Å². The number of nitrogens with zero attached hydrogens (tertiary/aromatic N) is 3. The molecule has 1 aromatic carbocycles. The molecule has 114 valence electrons. The lowest BCUT2D eigenvalue weighted by Gasteiger charge is -2.16. The lowest BCUT2D eigenvalue weighted by atomic mass is 10.1. The van der Waals surface area contributed by atoms with Gasteiger partial charge in [0.2, 0.25) is 5.91 Å². The van der Waals surface area contributed by atoms with Gasteiger partial charge >= 0.3 is 0 Å². The molecule has 4 nitrogen and oxygen atoms in total. The molecule has 0 radical (unpaired) electrons. The summed E-state index contributed by atoms with van der Waals surface area (Å²) < 4.78 is 3.11. The Morgan fingerprint density at radius 3 is 2.86 bits per heavy atom. The molecular weight excluding hydrogens is 342 g/mol. The van der Waals surface area contributed by atoms with Crippen molar-refractivity contribution in [2.75, 3.05) is 6.54 Å². The number of likely N-dealkylation sites (tertiary alicyclic amines) is 1. The van der Waals surface area contributed by atoms with Crippen LogP contribution in [0.3, 0.4) is 0 Å². The van der Waals surface area contributed by atoms with Crippen molar-refractivity contribution >= 4 is 32.9 Å². The van der Waals surface area contributed by atoms with E-state index < -0.39 is 0 Å². The summed E-state index contributed by atoms with van der Waals surface area (Å²) in [4.78, 5) is 19.1. The minimum absolute atomic E-state index is 0.187. The molecular formula is C17H18BrN3O. The highest BCUT2D eigenvalue weighted by Crippen LogP contribution is 2.37. The van der Waals surface area contributed by atoms with Crippen LogP contribution in [0.1, 0.15) is 31.0 Å². The summed E-state index contributed by atoms with van der Waals surface area (Å²) in [6, 6.07) is 8.63. The number of imidazole rings is 1. The lowest BCUT2D eigenvalue weighted by molar-refractivity contribution is -0.128. The number of carbonyl (C=O) groups is 1. The van der Waals surface area contributed by atoms with Crippen LogP contribution in [0.4, 0.5) is 0 Å². The maximum atomic E-state index is 12.3. The number of aromatic nitrogens is 2. The molecule has 0 N–H and O–H groups in total. The van der Waals surface area contributed by atoms with Gasteiger partial charge < -0.3 is 9.47 Å². The quantitative estimate of drug-likeness (QED) is 0.838. The van der Waals surface area contributed by atoms with Gasteiger partial charge in [0, 0.05) is 29.4 Å². The SMILES string of the molecule is C=C(Br)Cn1c(C2CC(=O)N(C3CC3)C2)nc2ccccc21. The zero-order chi connectivity index (χ0) is 15.3. The van der Waals surface area contributed by atoms with Gasteiger partial charge in [0.15, 0.2) is 0 Å². The molecule has 1 saturated heterocycles. The van der Waals surface area contributed by atoms with E-state index >= 15 is 0 Å². The average molecular weight is 360 g/mol. The van der Waals surface area contributed by atoms with Crippen LogP contribution in [-0.2, 0) is 11.3 Å². The first-order chi connectivity index (χ1) is 10.6. The zero-order valence-corrected chi connectivity index (χ0v) is 13.9. The third kappa shape index (κ3) is 2.37. The predicted octanol–water partition coefficient (Wildman–Crippen LogP) is 3.42. The summed E-state index contributed by atoms with van der Waals surface area (Å²) in [7, 11) is 0. The first kappa shape index (κ1) is 14.0. The second-order valence-corrected chi connectivity index (χ2v) is 7.36. The highest BCUT2D eigenvalue weighted by Gasteiger charge is 2.41. The summed E-state index contributed by atoms with van der Waals surface area (Å²) in [6.07, 6.45) is 2.90. The highest BCUT2D eigenvalue weighted by atomic mass is 79.9. The number of carbonyl (C=O) groups excluding carboxylic acids is 1. The van der Waals surface area contributed by atoms with Crippen LogP contribution in [0.25, 0.3) is 11.0 Å². The van der Waals surface area contributed by atoms with Gasteiger partial charge in [-0.25, -0.2) is 4.98 Å². The van der Waals surface area contributed by atoms with Gasteiger partial charge in [-0.15, -0.1) is 0 Å². The number of halogens is 1. The Hall–Kier alpha value is -1.62. The number of fused-ring (bicyclic) bond motifs is 1. The highest BCUT2D eigenvalue weighted by molar-refractivity contribution is 9.11. The van der Waals surface area contributed by atoms with Crippen LogP contribution in [0.5, 0.6) is 0 Å². The molecule has 1 aliphatic carbocycles. The predicted molar refractivity (Wildman–Crippen MR) is 89.9 cm³/mol. The molecule has 1 unspecified atom stereocenters. The maximum absolute atomic E-state index is 12.3. The first-order valence-corrected chi connectivity index (χ1v) is 8.50. The van der Waals surface area contributed by atoms with Crippen LogP contribution in [0.2, 0.25) is 0 Å². The van der Waals surface area contributed by atoms with Crippen LogP contribution in [0, 0.1) is 0 Å². The molecule has 0 bridgehead atoms. The number of amides is 1. The zero-order valence-electron chi connectivity index (χ0n) is 12.3. The van der Waals surface area contributed by atoms with Crippen molar-refractivity contribution in [1.29, 1.82) is 0 Å². The molecule has 1 aliphatic heterocycles. The number of rotatable bonds is 4. The topological polar surface area (TPSA) is 38.1 Å². The second-order valence-electron chi connectivity index (χ2n) is 6.24. The minimum atomic E-state index is 0.187. The minimum Gasteiger partial charge on any atom is -0.339 e. The molecule has 1 amide bonds. The number of hydrogen-bond donors (Lipinski definition) is 0. The fourth-order valence-electron chi connectivity index (χ4n) is 3.39. The molecule has 1 atom stereocenters. The van der Waals surface area contributed by atoms with Gasteiger partial charge in [0.05, 0.1) is 17.6 Å². The molecule has 2 heterocycles. The van der Waals surface area contributed by atoms with Gasteiger partial charge in [-0.05, 0) is 25.0 Å². The summed E-state index contributed by atoms with van der Waals surface area (Å²) in [5.41, 5.74) is 2.10. The Labute approximate surface area is 137 Å². The molecule has 1 saturated carbocycles. The van der Waals surface area contributed by atoms with E-state index in [1.165, 1.54) is 0 Å². The van der Waals surface area contributed by atoms with Crippen LogP contribution in [-0.4, -0.2) is 32.9 Å². The molecule has 2 aromatic rings. The molecule has 2 aliphatic rings. The summed E-state index contributed by atoms with van der Waals surface area (Å²) in [5, 5.41) is 0. The number of allylic oxidation sites excluding steroid dienone is 1. The van der Waals surface area contributed by atoms with Gasteiger partial charge in [0.1, 0.15) is 5.82 Å². The summed E-state index contributed by atoms with van der Waals surface area (Å²) in [5.74, 6) is 1.48. The normalized spacial score (nSPS) is 21.8. The Morgan fingerprint density at radius 1 is 1.36 bits per heavy atom. The van der Waals surface area contributed by atoms with Gasteiger partial charge in [-0.2, -0.15) is 0 Å². The Kier molecular flexibility index (Phi) is 3.33. The van der Waals surface area contributed by atoms with Gasteiger partial charge in [0.25, 0.3) is 0 Å². The van der Waals surface area contributed by atoms with Crippen molar-refractivity contribution in [3.8, 4) is 0 Å². The lowest BCUT2D eigenvalue weighted by Crippen LogP contribution is -2.27. The van der Waals surface area contributed by atoms with E-state index in [-0.39, 0.29) is 11.8 Å². The van der Waals surface area contributed by atoms with E-state index in [0.717, 1.165) is 40.7 Å². The molecule has 4 rings (SSSR count). The second kappa shape index (κ2) is 5.23. The Bertz CT molecular complexity index is 762. The molecule has 0 spiro atoms. The van der Waals surface area contributed by atoms with Crippen molar-refractivity contribution < 1.29 is 4.79 Å². The van der Waals surface area contributed by atoms with Crippen molar-refractivity contribution in [3.05, 3.63) is 41.2 Å². The van der Waals surface area contributed by atoms with E-state index in [9.17, 15) is 4.79 Å². The van der Waals surface area contributed by atoms with E-state index in [1.807, 2.05) is 18.2 Å². The third-order valence-corrected chi connectivity index (χ3v) is 4.78. The fourth-order valence-corrected chi connectivity index (χ4v) is 3.64. The average Bonchev–Trinajstić information content (AvgIpc) is 3.17. The van der Waals surface area contributed by atoms with Crippen LogP contribution in [0.15, 0.2) is 35.3 Å². The Morgan fingerprint density at radius 2 is 2.14 bits per heavy atom. The maximum Gasteiger partial charge on any atom is 0.223 e. The monoisotopic (exact) mass is 359 g/mol. The van der Waals surface area contributed by atoms with E-state index in [1.54, 1.807) is 0 Å². The fraction of sp³-hybridized carbons (Fsp3) is 0.412. The van der Waals surface area contributed by atoms with Crippen molar-refractivity contribution in [2.24, 2.45) is 0 Å². The largest absolute Gasteiger partial charge is 0.339 e. The third-order valence-electron chi connectivity index (χ3n) is 4.52.